The molecule has 0 aliphatic carbocycles. The summed E-state index contributed by atoms with van der Waals surface area (Å²) in [5.41, 5.74) is 0. The lowest BCUT2D eigenvalue weighted by molar-refractivity contribution is -0.140. The predicted octanol–water partition coefficient (Wildman–Crippen LogP) is -0.695. The average molecular weight is 133 g/mol. The molecule has 0 bridgehead atoms. The van der Waals surface area contributed by atoms with Gasteiger partial charge in [-0.25, -0.2) is 0 Å². The third kappa shape index (κ3) is 3.05. The normalized spacial score (nSPS) is 13.1. The van der Waals surface area contributed by atoms with Gasteiger partial charge in [0.15, 0.2) is 0 Å². The van der Waals surface area contributed by atoms with Gasteiger partial charge in [0, 0.05) is 7.11 Å². The highest BCUT2D eigenvalue weighted by Crippen LogP contribution is 1.81. The molecule has 0 rings (SSSR count). The Labute approximate surface area is 53.8 Å². The van der Waals surface area contributed by atoms with Crippen molar-refractivity contribution in [3.63, 3.8) is 0 Å². The maximum absolute atomic E-state index is 10.2. The molecule has 0 heterocycles. The molecule has 4 heteroatoms. The van der Waals surface area contributed by atoms with Gasteiger partial charge in [-0.05, 0) is 7.05 Å². The van der Waals surface area contributed by atoms with Crippen LogP contribution in [0.1, 0.15) is 0 Å². The highest BCUT2D eigenvalue weighted by Gasteiger charge is 2.12. The number of rotatable bonds is 4. The van der Waals surface area contributed by atoms with Crippen molar-refractivity contribution in [1.82, 2.24) is 5.32 Å². The van der Waals surface area contributed by atoms with Crippen molar-refractivity contribution in [2.24, 2.45) is 0 Å². The van der Waals surface area contributed by atoms with Crippen LogP contribution >= 0.6 is 0 Å². The second kappa shape index (κ2) is 4.29. The average Bonchev–Trinajstić information content (AvgIpc) is 1.82. The molecule has 0 radical (unpaired) electrons. The lowest BCUT2D eigenvalue weighted by Crippen LogP contribution is -2.37. The number of likely N-dealkylation sites (N-methyl/N-ethyl adjacent to an activating group) is 1. The first-order valence-electron chi connectivity index (χ1n) is 2.61. The number of carbonyl (C=O) groups is 1. The number of carboxylic acid groups (broad SMARTS) is 1. The molecule has 2 N–H and O–H groups in total. The Bertz CT molecular complexity index is 94.2. The molecule has 0 aliphatic rings. The van der Waals surface area contributed by atoms with Crippen LogP contribution in [0, 0.1) is 0 Å². The van der Waals surface area contributed by atoms with E-state index in [1.54, 1.807) is 7.05 Å². The maximum atomic E-state index is 10.2. The summed E-state index contributed by atoms with van der Waals surface area (Å²) >= 11 is 0. The van der Waals surface area contributed by atoms with E-state index in [9.17, 15) is 4.79 Å². The molecule has 4 nitrogen and oxygen atoms in total. The van der Waals surface area contributed by atoms with Crippen molar-refractivity contribution in [3.05, 3.63) is 0 Å². The fourth-order valence-corrected chi connectivity index (χ4v) is 0.445. The minimum atomic E-state index is -0.889. The number of carboxylic acids is 1. The predicted molar refractivity (Wildman–Crippen MR) is 32.4 cm³/mol. The van der Waals surface area contributed by atoms with Crippen molar-refractivity contribution < 1.29 is 14.6 Å². The third-order valence-corrected chi connectivity index (χ3v) is 0.980. The van der Waals surface area contributed by atoms with Gasteiger partial charge in [-0.15, -0.1) is 0 Å². The molecule has 9 heavy (non-hydrogen) atoms. The van der Waals surface area contributed by atoms with Gasteiger partial charge in [-0.1, -0.05) is 0 Å². The first-order chi connectivity index (χ1) is 4.22. The molecule has 0 fully saturated rings. The van der Waals surface area contributed by atoms with Crippen LogP contribution in [0.25, 0.3) is 0 Å². The van der Waals surface area contributed by atoms with E-state index in [1.165, 1.54) is 7.11 Å². The summed E-state index contributed by atoms with van der Waals surface area (Å²) in [4.78, 5) is 10.2. The van der Waals surface area contributed by atoms with Crippen molar-refractivity contribution >= 4 is 5.97 Å². The van der Waals surface area contributed by atoms with Crippen LogP contribution < -0.4 is 5.32 Å². The lowest BCUT2D eigenvalue weighted by atomic mass is 10.3. The second-order valence-corrected chi connectivity index (χ2v) is 1.63. The van der Waals surface area contributed by atoms with E-state index < -0.39 is 12.0 Å². The van der Waals surface area contributed by atoms with E-state index in [1.807, 2.05) is 0 Å². The zero-order valence-electron chi connectivity index (χ0n) is 5.55. The molecular formula is C5H11NO3. The molecular weight excluding hydrogens is 122 g/mol. The minimum Gasteiger partial charge on any atom is -0.480 e. The lowest BCUT2D eigenvalue weighted by Gasteiger charge is -2.07. The third-order valence-electron chi connectivity index (χ3n) is 0.980. The van der Waals surface area contributed by atoms with Crippen LogP contribution in [0.5, 0.6) is 0 Å². The molecule has 0 aromatic carbocycles. The Hall–Kier alpha value is -0.610. The quantitative estimate of drug-likeness (QED) is 0.532. The van der Waals surface area contributed by atoms with Crippen LogP contribution in [-0.4, -0.2) is 37.9 Å². The monoisotopic (exact) mass is 133 g/mol. The first-order valence-corrected chi connectivity index (χ1v) is 2.61. The number of ether oxygens (including phenoxy) is 1. The van der Waals surface area contributed by atoms with E-state index in [-0.39, 0.29) is 6.61 Å². The molecule has 0 saturated heterocycles. The number of hydrogen-bond donors (Lipinski definition) is 2. The number of nitrogens with one attached hydrogen (secondary N) is 1. The Morgan fingerprint density at radius 1 is 1.89 bits per heavy atom. The second-order valence-electron chi connectivity index (χ2n) is 1.63. The van der Waals surface area contributed by atoms with Gasteiger partial charge in [0.05, 0.1) is 6.61 Å². The summed E-state index contributed by atoms with van der Waals surface area (Å²) < 4.78 is 4.61. The van der Waals surface area contributed by atoms with E-state index in [2.05, 4.69) is 10.1 Å². The van der Waals surface area contributed by atoms with Gasteiger partial charge in [0.2, 0.25) is 0 Å². The van der Waals surface area contributed by atoms with Crippen LogP contribution in [0.2, 0.25) is 0 Å². The Morgan fingerprint density at radius 2 is 2.44 bits per heavy atom. The van der Waals surface area contributed by atoms with E-state index in [4.69, 9.17) is 5.11 Å². The van der Waals surface area contributed by atoms with Gasteiger partial charge in [0.25, 0.3) is 0 Å². The molecule has 0 saturated carbocycles. The van der Waals surface area contributed by atoms with Crippen molar-refractivity contribution in [2.75, 3.05) is 20.8 Å². The van der Waals surface area contributed by atoms with E-state index >= 15 is 0 Å². The van der Waals surface area contributed by atoms with E-state index in [0.29, 0.717) is 0 Å². The molecule has 0 aromatic rings. The highest BCUT2D eigenvalue weighted by molar-refractivity contribution is 5.73. The summed E-state index contributed by atoms with van der Waals surface area (Å²) in [7, 11) is 3.05. The zero-order valence-corrected chi connectivity index (χ0v) is 5.55. The molecule has 0 spiro atoms. The van der Waals surface area contributed by atoms with Crippen LogP contribution in [0.15, 0.2) is 0 Å². The van der Waals surface area contributed by atoms with Crippen molar-refractivity contribution in [3.8, 4) is 0 Å². The largest absolute Gasteiger partial charge is 0.480 e. The van der Waals surface area contributed by atoms with E-state index in [0.717, 1.165) is 0 Å². The summed E-state index contributed by atoms with van der Waals surface area (Å²) in [6.45, 7) is 0.200. The molecule has 1 atom stereocenters. The molecule has 0 aliphatic heterocycles. The Morgan fingerprint density at radius 3 is 2.56 bits per heavy atom. The van der Waals surface area contributed by atoms with Crippen molar-refractivity contribution in [1.29, 1.82) is 0 Å². The molecule has 0 unspecified atom stereocenters. The van der Waals surface area contributed by atoms with Crippen LogP contribution in [-0.2, 0) is 9.53 Å². The SMILES string of the molecule is CN[C@H](COC)C(=O)O. The molecule has 54 valence electrons. The Balaban J connectivity index is 3.54. The number of methoxy groups -OCH3 is 1. The van der Waals surface area contributed by atoms with Gasteiger partial charge in [0.1, 0.15) is 6.04 Å². The topological polar surface area (TPSA) is 58.6 Å². The van der Waals surface area contributed by atoms with Crippen LogP contribution in [0.3, 0.4) is 0 Å². The zero-order chi connectivity index (χ0) is 7.28. The number of aliphatic carboxylic acids is 1. The maximum Gasteiger partial charge on any atom is 0.323 e. The molecule has 0 aromatic heterocycles. The summed E-state index contributed by atoms with van der Waals surface area (Å²) in [5, 5.41) is 10.9. The van der Waals surface area contributed by atoms with Crippen molar-refractivity contribution in [2.45, 2.75) is 6.04 Å². The summed E-state index contributed by atoms with van der Waals surface area (Å²) in [6, 6.07) is -0.588. The minimum absolute atomic E-state index is 0.200. The molecule has 0 amide bonds. The smallest absolute Gasteiger partial charge is 0.323 e. The highest BCUT2D eigenvalue weighted by atomic mass is 16.5. The van der Waals surface area contributed by atoms with Gasteiger partial charge in [-0.3, -0.25) is 4.79 Å². The van der Waals surface area contributed by atoms with Crippen LogP contribution in [0.4, 0.5) is 0 Å². The standard InChI is InChI=1S/C5H11NO3/c1-6-4(3-9-2)5(7)8/h4,6H,3H2,1-2H3,(H,7,8)/t4-/m1/s1. The summed E-state index contributed by atoms with van der Waals surface area (Å²) in [5.74, 6) is -0.889. The fraction of sp³-hybridized carbons (Fsp3) is 0.800. The fourth-order valence-electron chi connectivity index (χ4n) is 0.445. The van der Waals surface area contributed by atoms with Gasteiger partial charge in [-0.2, -0.15) is 0 Å². The number of hydrogen-bond acceptors (Lipinski definition) is 3. The first kappa shape index (κ1) is 8.39. The van der Waals surface area contributed by atoms with Gasteiger partial charge < -0.3 is 15.2 Å². The Kier molecular flexibility index (Phi) is 4.00. The van der Waals surface area contributed by atoms with Gasteiger partial charge >= 0.3 is 5.97 Å². The summed E-state index contributed by atoms with van der Waals surface area (Å²) in [6.07, 6.45) is 0.